The third-order valence-corrected chi connectivity index (χ3v) is 5.32. The van der Waals surface area contributed by atoms with Gasteiger partial charge in [-0.1, -0.05) is 42.5 Å². The lowest BCUT2D eigenvalue weighted by molar-refractivity contribution is 0.0685. The predicted molar refractivity (Wildman–Crippen MR) is 107 cm³/mol. The Hall–Kier alpha value is -2.69. The molecule has 0 unspecified atom stereocenters. The molecule has 4 heteroatoms. The molecule has 0 radical (unpaired) electrons. The molecule has 0 fully saturated rings. The summed E-state index contributed by atoms with van der Waals surface area (Å²) in [6.07, 6.45) is 2.18. The van der Waals surface area contributed by atoms with Crippen molar-refractivity contribution in [1.29, 1.82) is 0 Å². The molecule has 27 heavy (non-hydrogen) atoms. The quantitative estimate of drug-likeness (QED) is 0.709. The lowest BCUT2D eigenvalue weighted by atomic mass is 9.94. The molecular formula is C23H23NO3. The first-order chi connectivity index (χ1) is 13.2. The van der Waals surface area contributed by atoms with E-state index in [2.05, 4.69) is 30.3 Å². The van der Waals surface area contributed by atoms with Crippen LogP contribution in [0.1, 0.15) is 21.5 Å². The number of benzene rings is 3. The second kappa shape index (κ2) is 7.51. The zero-order valence-electron chi connectivity index (χ0n) is 15.2. The van der Waals surface area contributed by atoms with E-state index in [0.717, 1.165) is 24.0 Å². The van der Waals surface area contributed by atoms with Crippen LogP contribution in [0.2, 0.25) is 0 Å². The molecule has 3 aromatic rings. The van der Waals surface area contributed by atoms with E-state index in [1.165, 1.54) is 26.8 Å². The second-order valence-electron chi connectivity index (χ2n) is 6.93. The minimum Gasteiger partial charge on any atom is -0.395 e. The van der Waals surface area contributed by atoms with Crippen LogP contribution in [0.5, 0.6) is 0 Å². The van der Waals surface area contributed by atoms with E-state index in [-0.39, 0.29) is 32.2 Å². The Kier molecular flexibility index (Phi) is 4.92. The number of amides is 1. The number of carbonyl (C=O) groups excluding carboxylic acids is 1. The summed E-state index contributed by atoms with van der Waals surface area (Å²) in [4.78, 5) is 14.3. The summed E-state index contributed by atoms with van der Waals surface area (Å²) in [6, 6.07) is 18.4. The van der Waals surface area contributed by atoms with Crippen molar-refractivity contribution in [2.45, 2.75) is 12.8 Å². The zero-order chi connectivity index (χ0) is 18.8. The molecule has 0 bridgehead atoms. The Morgan fingerprint density at radius 2 is 1.59 bits per heavy atom. The fourth-order valence-electron chi connectivity index (χ4n) is 4.06. The summed E-state index contributed by atoms with van der Waals surface area (Å²) in [5.74, 6) is -0.175. The number of aliphatic hydroxyl groups is 2. The van der Waals surface area contributed by atoms with Crippen LogP contribution in [0.15, 0.2) is 54.6 Å². The van der Waals surface area contributed by atoms with Crippen molar-refractivity contribution in [3.8, 4) is 11.1 Å². The van der Waals surface area contributed by atoms with Gasteiger partial charge >= 0.3 is 0 Å². The van der Waals surface area contributed by atoms with E-state index in [1.54, 1.807) is 6.07 Å². The number of carbonyl (C=O) groups is 1. The third-order valence-electron chi connectivity index (χ3n) is 5.32. The van der Waals surface area contributed by atoms with Gasteiger partial charge in [0.2, 0.25) is 0 Å². The topological polar surface area (TPSA) is 60.8 Å². The van der Waals surface area contributed by atoms with E-state index in [1.807, 2.05) is 18.2 Å². The van der Waals surface area contributed by atoms with Crippen molar-refractivity contribution in [2.24, 2.45) is 0 Å². The molecule has 1 aliphatic carbocycles. The molecule has 4 nitrogen and oxygen atoms in total. The minimum atomic E-state index is -0.175. The molecule has 0 spiro atoms. The van der Waals surface area contributed by atoms with Crippen LogP contribution in [0.25, 0.3) is 21.9 Å². The monoisotopic (exact) mass is 361 g/mol. The molecule has 0 aromatic heterocycles. The summed E-state index contributed by atoms with van der Waals surface area (Å²) in [5.41, 5.74) is 5.49. The normalized spacial score (nSPS) is 12.5. The van der Waals surface area contributed by atoms with E-state index >= 15 is 0 Å². The highest BCUT2D eigenvalue weighted by Crippen LogP contribution is 2.37. The Morgan fingerprint density at radius 1 is 0.889 bits per heavy atom. The Morgan fingerprint density at radius 3 is 2.33 bits per heavy atom. The van der Waals surface area contributed by atoms with Gasteiger partial charge in [-0.2, -0.15) is 0 Å². The second-order valence-corrected chi connectivity index (χ2v) is 6.93. The maximum Gasteiger partial charge on any atom is 0.254 e. The first-order valence-corrected chi connectivity index (χ1v) is 9.38. The molecule has 2 N–H and O–H groups in total. The van der Waals surface area contributed by atoms with Crippen LogP contribution in [0.3, 0.4) is 0 Å². The summed E-state index contributed by atoms with van der Waals surface area (Å²) in [6.45, 7) is 0.176. The van der Waals surface area contributed by atoms with E-state index in [0.29, 0.717) is 5.56 Å². The van der Waals surface area contributed by atoms with Crippen molar-refractivity contribution >= 4 is 16.7 Å². The van der Waals surface area contributed by atoms with Gasteiger partial charge in [0.15, 0.2) is 0 Å². The summed E-state index contributed by atoms with van der Waals surface area (Å²) in [7, 11) is 0. The van der Waals surface area contributed by atoms with Crippen molar-refractivity contribution < 1.29 is 15.0 Å². The van der Waals surface area contributed by atoms with Crippen LogP contribution in [0.4, 0.5) is 0 Å². The molecule has 4 rings (SSSR count). The van der Waals surface area contributed by atoms with Gasteiger partial charge in [0.25, 0.3) is 5.91 Å². The molecule has 0 atom stereocenters. The predicted octanol–water partition coefficient (Wildman–Crippen LogP) is 3.03. The molecule has 0 saturated carbocycles. The molecule has 138 valence electrons. The minimum absolute atomic E-state index is 0.125. The van der Waals surface area contributed by atoms with Crippen molar-refractivity contribution in [1.82, 2.24) is 4.90 Å². The van der Waals surface area contributed by atoms with Crippen molar-refractivity contribution in [3.63, 3.8) is 0 Å². The fourth-order valence-corrected chi connectivity index (χ4v) is 4.06. The summed E-state index contributed by atoms with van der Waals surface area (Å²) in [5, 5.41) is 21.0. The largest absolute Gasteiger partial charge is 0.395 e. The van der Waals surface area contributed by atoms with Gasteiger partial charge in [0.1, 0.15) is 0 Å². The lowest BCUT2D eigenvalue weighted by Crippen LogP contribution is -2.35. The van der Waals surface area contributed by atoms with Crippen LogP contribution in [-0.4, -0.2) is 47.3 Å². The first kappa shape index (κ1) is 17.7. The van der Waals surface area contributed by atoms with E-state index in [4.69, 9.17) is 0 Å². The van der Waals surface area contributed by atoms with E-state index in [9.17, 15) is 15.0 Å². The SMILES string of the molecule is O=C(c1cccc(-c2ccc3c4c(cccc24)CC3)c1)N(CCO)CCO. The van der Waals surface area contributed by atoms with Crippen molar-refractivity contribution in [2.75, 3.05) is 26.3 Å². The van der Waals surface area contributed by atoms with Gasteiger partial charge in [0.05, 0.1) is 13.2 Å². The van der Waals surface area contributed by atoms with E-state index < -0.39 is 0 Å². The maximum absolute atomic E-state index is 12.8. The summed E-state index contributed by atoms with van der Waals surface area (Å²) < 4.78 is 0. The number of nitrogens with zero attached hydrogens (tertiary/aromatic N) is 1. The molecule has 3 aromatic carbocycles. The van der Waals surface area contributed by atoms with Gasteiger partial charge in [-0.15, -0.1) is 0 Å². The van der Waals surface area contributed by atoms with Crippen LogP contribution < -0.4 is 0 Å². The molecule has 0 saturated heterocycles. The van der Waals surface area contributed by atoms with Gasteiger partial charge in [-0.05, 0) is 58.0 Å². The summed E-state index contributed by atoms with van der Waals surface area (Å²) >= 11 is 0. The number of rotatable bonds is 6. The molecule has 1 amide bonds. The average molecular weight is 361 g/mol. The number of aryl methyl sites for hydroxylation is 2. The van der Waals surface area contributed by atoms with Gasteiger partial charge in [-0.25, -0.2) is 0 Å². The standard InChI is InChI=1S/C23H23NO3/c25-13-11-24(12-14-26)23(27)19-5-1-4-18(15-19)20-10-9-17-8-7-16-3-2-6-21(20)22(16)17/h1-6,9-10,15,25-26H,7-8,11-14H2. The number of hydrogen-bond acceptors (Lipinski definition) is 3. The highest BCUT2D eigenvalue weighted by atomic mass is 16.3. The van der Waals surface area contributed by atoms with Crippen LogP contribution in [-0.2, 0) is 12.8 Å². The smallest absolute Gasteiger partial charge is 0.254 e. The average Bonchev–Trinajstić information content (AvgIpc) is 3.13. The molecule has 0 aliphatic heterocycles. The highest BCUT2D eigenvalue weighted by Gasteiger charge is 2.18. The molecule has 1 aliphatic rings. The molecule has 0 heterocycles. The van der Waals surface area contributed by atoms with Crippen LogP contribution >= 0.6 is 0 Å². The van der Waals surface area contributed by atoms with Gasteiger partial charge in [0, 0.05) is 18.7 Å². The number of hydrogen-bond donors (Lipinski definition) is 2. The van der Waals surface area contributed by atoms with Gasteiger partial charge < -0.3 is 15.1 Å². The first-order valence-electron chi connectivity index (χ1n) is 9.38. The van der Waals surface area contributed by atoms with Crippen molar-refractivity contribution in [3.05, 3.63) is 71.3 Å². The molecular weight excluding hydrogens is 338 g/mol. The Bertz CT molecular complexity index is 980. The Labute approximate surface area is 158 Å². The van der Waals surface area contributed by atoms with Crippen LogP contribution in [0, 0.1) is 0 Å². The number of aliphatic hydroxyl groups excluding tert-OH is 2. The zero-order valence-corrected chi connectivity index (χ0v) is 15.2. The van der Waals surface area contributed by atoms with Gasteiger partial charge in [-0.3, -0.25) is 4.79 Å². The highest BCUT2D eigenvalue weighted by molar-refractivity contribution is 6.02. The fraction of sp³-hybridized carbons (Fsp3) is 0.261. The maximum atomic E-state index is 12.8. The Balaban J connectivity index is 1.76. The third kappa shape index (κ3) is 3.22. The lowest BCUT2D eigenvalue weighted by Gasteiger charge is -2.21.